The molecule has 1 unspecified atom stereocenters. The topological polar surface area (TPSA) is 77.8 Å². The van der Waals surface area contributed by atoms with Crippen molar-refractivity contribution < 1.29 is 32.3 Å². The number of rotatable bonds is 4. The van der Waals surface area contributed by atoms with Gasteiger partial charge < -0.3 is 14.7 Å². The van der Waals surface area contributed by atoms with E-state index in [0.29, 0.717) is 25.7 Å². The van der Waals surface area contributed by atoms with Crippen LogP contribution in [-0.2, 0) is 9.36 Å². The highest BCUT2D eigenvalue weighted by Crippen LogP contribution is 2.58. The lowest BCUT2D eigenvalue weighted by molar-refractivity contribution is -0.138. The van der Waals surface area contributed by atoms with Crippen LogP contribution in [0.15, 0.2) is 12.1 Å². The Morgan fingerprint density at radius 2 is 1.78 bits per heavy atom. The van der Waals surface area contributed by atoms with Crippen LogP contribution in [0.1, 0.15) is 57.6 Å². The molecule has 3 rings (SSSR count). The van der Waals surface area contributed by atoms with E-state index < -0.39 is 42.7 Å². The van der Waals surface area contributed by atoms with Crippen molar-refractivity contribution in [2.24, 2.45) is 5.41 Å². The summed E-state index contributed by atoms with van der Waals surface area (Å²) in [6.45, 7) is 3.90. The summed E-state index contributed by atoms with van der Waals surface area (Å²) in [4.78, 5) is 33.4. The molecular weight excluding hydrogens is 382 g/mol. The Labute approximate surface area is 155 Å². The smallest absolute Gasteiger partial charge is 0.331 e. The first-order chi connectivity index (χ1) is 12.6. The van der Waals surface area contributed by atoms with Crippen molar-refractivity contribution in [3.8, 4) is 0 Å². The van der Waals surface area contributed by atoms with Crippen molar-refractivity contribution in [2.75, 3.05) is 0 Å². The van der Waals surface area contributed by atoms with Crippen LogP contribution in [0.5, 0.6) is 0 Å². The lowest BCUT2D eigenvalue weighted by Gasteiger charge is -2.43. The van der Waals surface area contributed by atoms with Crippen LogP contribution >= 0.6 is 7.60 Å². The maximum absolute atomic E-state index is 14.5. The Bertz CT molecular complexity index is 808. The quantitative estimate of drug-likeness (QED) is 0.589. The number of piperidine rings is 1. The van der Waals surface area contributed by atoms with Crippen LogP contribution < -0.4 is 0 Å². The Morgan fingerprint density at radius 3 is 2.33 bits per heavy atom. The molecule has 2 heterocycles. The molecule has 0 aliphatic carbocycles. The molecule has 1 aromatic carbocycles. The number of amides is 1. The van der Waals surface area contributed by atoms with Crippen LogP contribution in [0.2, 0.25) is 0 Å². The number of hydrogen-bond donors (Lipinski definition) is 2. The minimum absolute atomic E-state index is 0.0546. The van der Waals surface area contributed by atoms with Gasteiger partial charge in [-0.25, -0.2) is 13.2 Å². The van der Waals surface area contributed by atoms with Gasteiger partial charge in [-0.15, -0.1) is 0 Å². The summed E-state index contributed by atoms with van der Waals surface area (Å²) in [6.07, 6.45) is 2.14. The standard InChI is InChI=1S/C18H23F3NO4P/c1-3-18(4-2)9-12(10-5-6-11(19)16(21)15(10)20)22-14(18)8-7-13(17(22)23)27(24,25)26/h5-6,12-14H,3-4,7-9H2,1-2H3,(H2,24,25,26)/t12-,13?,14+/m0/s1. The summed E-state index contributed by atoms with van der Waals surface area (Å²) in [5.74, 6) is -5.02. The first-order valence-electron chi connectivity index (χ1n) is 9.08. The molecule has 0 spiro atoms. The molecule has 0 saturated carbocycles. The van der Waals surface area contributed by atoms with Gasteiger partial charge in [0, 0.05) is 11.6 Å². The van der Waals surface area contributed by atoms with E-state index >= 15 is 0 Å². The Hall–Kier alpha value is -1.37. The monoisotopic (exact) mass is 405 g/mol. The molecule has 1 amide bonds. The molecule has 2 saturated heterocycles. The number of fused-ring (bicyclic) bond motifs is 1. The second kappa shape index (κ2) is 6.90. The maximum atomic E-state index is 14.5. The first-order valence-corrected chi connectivity index (χ1v) is 10.8. The molecule has 2 aliphatic heterocycles. The second-order valence-corrected chi connectivity index (χ2v) is 9.30. The van der Waals surface area contributed by atoms with Gasteiger partial charge in [-0.2, -0.15) is 0 Å². The number of carbonyl (C=O) groups excluding carboxylic acids is 1. The molecule has 2 fully saturated rings. The average molecular weight is 405 g/mol. The van der Waals surface area contributed by atoms with Crippen LogP contribution in [0, 0.1) is 22.9 Å². The van der Waals surface area contributed by atoms with Gasteiger partial charge in [-0.05, 0) is 43.6 Å². The fourth-order valence-electron chi connectivity index (χ4n) is 4.88. The van der Waals surface area contributed by atoms with Crippen molar-refractivity contribution in [2.45, 2.75) is 63.7 Å². The minimum Gasteiger partial charge on any atom is -0.331 e. The molecule has 0 bridgehead atoms. The summed E-state index contributed by atoms with van der Waals surface area (Å²) in [5, 5.41) is 0. The zero-order valence-corrected chi connectivity index (χ0v) is 16.1. The zero-order valence-electron chi connectivity index (χ0n) is 15.2. The summed E-state index contributed by atoms with van der Waals surface area (Å²) in [5.41, 5.74) is -1.99. The normalized spacial score (nSPS) is 27.7. The largest absolute Gasteiger partial charge is 0.337 e. The molecule has 1 aromatic rings. The Kier molecular flexibility index (Phi) is 5.21. The molecule has 0 aromatic heterocycles. The third-order valence-electron chi connectivity index (χ3n) is 6.47. The van der Waals surface area contributed by atoms with E-state index in [9.17, 15) is 32.3 Å². The minimum atomic E-state index is -4.67. The van der Waals surface area contributed by atoms with E-state index in [1.165, 1.54) is 4.90 Å². The number of hydrogen-bond acceptors (Lipinski definition) is 2. The van der Waals surface area contributed by atoms with E-state index in [0.717, 1.165) is 12.1 Å². The van der Waals surface area contributed by atoms with E-state index in [4.69, 9.17) is 0 Å². The fraction of sp³-hybridized carbons (Fsp3) is 0.611. The van der Waals surface area contributed by atoms with Gasteiger partial charge in [-0.3, -0.25) is 9.36 Å². The zero-order chi connectivity index (χ0) is 20.1. The van der Waals surface area contributed by atoms with Gasteiger partial charge in [0.25, 0.3) is 0 Å². The van der Waals surface area contributed by atoms with Gasteiger partial charge in [0.2, 0.25) is 5.91 Å². The van der Waals surface area contributed by atoms with Crippen molar-refractivity contribution in [3.05, 3.63) is 35.1 Å². The Balaban J connectivity index is 2.12. The van der Waals surface area contributed by atoms with Crippen molar-refractivity contribution in [1.29, 1.82) is 0 Å². The molecule has 0 radical (unpaired) electrons. The number of nitrogens with zero attached hydrogens (tertiary/aromatic N) is 1. The van der Waals surface area contributed by atoms with Crippen LogP contribution in [0.3, 0.4) is 0 Å². The van der Waals surface area contributed by atoms with E-state index in [2.05, 4.69) is 0 Å². The summed E-state index contributed by atoms with van der Waals surface area (Å²) >= 11 is 0. The molecular formula is C18H23F3NO4P. The van der Waals surface area contributed by atoms with Crippen molar-refractivity contribution >= 4 is 13.5 Å². The van der Waals surface area contributed by atoms with E-state index in [1.54, 1.807) is 0 Å². The predicted octanol–water partition coefficient (Wildman–Crippen LogP) is 3.89. The lowest BCUT2D eigenvalue weighted by atomic mass is 9.72. The number of halogens is 3. The maximum Gasteiger partial charge on any atom is 0.337 e. The third kappa shape index (κ3) is 3.12. The Morgan fingerprint density at radius 1 is 1.15 bits per heavy atom. The second-order valence-electron chi connectivity index (χ2n) is 7.50. The number of benzene rings is 1. The average Bonchev–Trinajstić information content (AvgIpc) is 2.95. The molecule has 9 heteroatoms. The molecule has 2 aliphatic rings. The molecule has 2 N–H and O–H groups in total. The highest BCUT2D eigenvalue weighted by atomic mass is 31.2. The fourth-order valence-corrected chi connectivity index (χ4v) is 5.78. The van der Waals surface area contributed by atoms with Gasteiger partial charge in [0.05, 0.1) is 6.04 Å². The number of carbonyl (C=O) groups is 1. The molecule has 5 nitrogen and oxygen atoms in total. The molecule has 27 heavy (non-hydrogen) atoms. The SMILES string of the molecule is CCC1(CC)C[C@@H](c2ccc(F)c(F)c2F)N2C(=O)C(P(=O)(O)O)CC[C@@H]21. The van der Waals surface area contributed by atoms with Gasteiger partial charge in [-0.1, -0.05) is 19.9 Å². The predicted molar refractivity (Wildman–Crippen MR) is 92.4 cm³/mol. The van der Waals surface area contributed by atoms with Crippen molar-refractivity contribution in [1.82, 2.24) is 4.90 Å². The molecule has 3 atom stereocenters. The third-order valence-corrected chi connectivity index (χ3v) is 7.76. The van der Waals surface area contributed by atoms with Gasteiger partial charge >= 0.3 is 7.60 Å². The highest BCUT2D eigenvalue weighted by molar-refractivity contribution is 7.53. The summed E-state index contributed by atoms with van der Waals surface area (Å²) < 4.78 is 53.4. The molecule has 150 valence electrons. The first kappa shape index (κ1) is 20.4. The van der Waals surface area contributed by atoms with Gasteiger partial charge in [0.15, 0.2) is 17.5 Å². The van der Waals surface area contributed by atoms with Crippen molar-refractivity contribution in [3.63, 3.8) is 0 Å². The summed E-state index contributed by atoms with van der Waals surface area (Å²) in [7, 11) is -4.67. The summed E-state index contributed by atoms with van der Waals surface area (Å²) in [6, 6.07) is 0.730. The van der Waals surface area contributed by atoms with E-state index in [1.807, 2.05) is 13.8 Å². The van der Waals surface area contributed by atoms with Gasteiger partial charge in [0.1, 0.15) is 5.66 Å². The lowest BCUT2D eigenvalue weighted by Crippen LogP contribution is -2.51. The van der Waals surface area contributed by atoms with Crippen LogP contribution in [0.4, 0.5) is 13.2 Å². The van der Waals surface area contributed by atoms with E-state index in [-0.39, 0.29) is 23.4 Å². The van der Waals surface area contributed by atoms with Crippen LogP contribution in [-0.4, -0.2) is 32.3 Å². The highest BCUT2D eigenvalue weighted by Gasteiger charge is 2.58. The van der Waals surface area contributed by atoms with Crippen LogP contribution in [0.25, 0.3) is 0 Å².